The van der Waals surface area contributed by atoms with Crippen LogP contribution in [0.1, 0.15) is 33.1 Å². The predicted octanol–water partition coefficient (Wildman–Crippen LogP) is 2.06. The Bertz CT molecular complexity index is 683. The normalized spacial score (nSPS) is 11.0. The number of guanidine groups is 1. The maximum absolute atomic E-state index is 11.0. The second-order valence-corrected chi connectivity index (χ2v) is 6.19. The summed E-state index contributed by atoms with van der Waals surface area (Å²) in [5, 5.41) is 7.51. The first-order valence-corrected chi connectivity index (χ1v) is 8.22. The van der Waals surface area contributed by atoms with Crippen LogP contribution in [0.15, 0.2) is 27.7 Å². The summed E-state index contributed by atoms with van der Waals surface area (Å²) in [6.45, 7) is 5.87. The van der Waals surface area contributed by atoms with Gasteiger partial charge in [0.15, 0.2) is 11.7 Å². The molecule has 0 saturated carbocycles. The van der Waals surface area contributed by atoms with Gasteiger partial charge in [-0.2, -0.15) is 0 Å². The Morgan fingerprint density at radius 1 is 1.42 bits per heavy atom. The van der Waals surface area contributed by atoms with Crippen molar-refractivity contribution in [2.45, 2.75) is 26.8 Å². The van der Waals surface area contributed by atoms with E-state index in [4.69, 9.17) is 10.2 Å². The van der Waals surface area contributed by atoms with E-state index in [1.54, 1.807) is 23.5 Å². The van der Waals surface area contributed by atoms with Gasteiger partial charge in [0.05, 0.1) is 5.01 Å². The van der Waals surface area contributed by atoms with E-state index >= 15 is 0 Å². The van der Waals surface area contributed by atoms with Crippen LogP contribution >= 0.6 is 35.3 Å². The van der Waals surface area contributed by atoms with Gasteiger partial charge < -0.3 is 20.8 Å². The van der Waals surface area contributed by atoms with Gasteiger partial charge in [0.1, 0.15) is 12.3 Å². The maximum Gasteiger partial charge on any atom is 0.284 e. The molecule has 9 heteroatoms. The van der Waals surface area contributed by atoms with E-state index < -0.39 is 5.91 Å². The van der Waals surface area contributed by atoms with Crippen LogP contribution in [0, 0.1) is 6.92 Å². The third kappa shape index (κ3) is 6.48. The van der Waals surface area contributed by atoms with Crippen LogP contribution in [-0.4, -0.2) is 29.9 Å². The Morgan fingerprint density at radius 2 is 2.21 bits per heavy atom. The molecule has 2 aromatic rings. The van der Waals surface area contributed by atoms with E-state index in [0.29, 0.717) is 18.3 Å². The van der Waals surface area contributed by atoms with Gasteiger partial charge in [0.2, 0.25) is 0 Å². The zero-order valence-electron chi connectivity index (χ0n) is 13.7. The lowest BCUT2D eigenvalue weighted by molar-refractivity contribution is 0.0972. The van der Waals surface area contributed by atoms with Gasteiger partial charge in [-0.05, 0) is 26.0 Å². The number of carbonyl (C=O) groups excluding carboxylic acids is 1. The van der Waals surface area contributed by atoms with Crippen LogP contribution in [0.5, 0.6) is 0 Å². The molecule has 0 bridgehead atoms. The molecule has 132 valence electrons. The zero-order chi connectivity index (χ0) is 16.7. The van der Waals surface area contributed by atoms with Crippen molar-refractivity contribution in [3.63, 3.8) is 0 Å². The van der Waals surface area contributed by atoms with E-state index in [1.807, 2.05) is 20.0 Å². The number of primary amides is 1. The van der Waals surface area contributed by atoms with E-state index in [-0.39, 0.29) is 29.7 Å². The first-order valence-electron chi connectivity index (χ1n) is 7.40. The summed E-state index contributed by atoms with van der Waals surface area (Å²) in [6, 6.07) is 3.25. The first kappa shape index (κ1) is 20.4. The number of thiazole rings is 1. The van der Waals surface area contributed by atoms with Crippen LogP contribution < -0.4 is 16.4 Å². The summed E-state index contributed by atoms with van der Waals surface area (Å²) >= 11 is 1.70. The van der Waals surface area contributed by atoms with Crippen molar-refractivity contribution in [3.05, 3.63) is 39.7 Å². The van der Waals surface area contributed by atoms with Crippen LogP contribution in [0.25, 0.3) is 0 Å². The first-order chi connectivity index (χ1) is 11.1. The molecule has 1 amide bonds. The minimum atomic E-state index is -0.580. The monoisotopic (exact) mass is 463 g/mol. The quantitative estimate of drug-likeness (QED) is 0.331. The van der Waals surface area contributed by atoms with E-state index in [9.17, 15) is 4.79 Å². The molecular formula is C15H22IN5O2S. The van der Waals surface area contributed by atoms with E-state index in [0.717, 1.165) is 24.5 Å². The summed E-state index contributed by atoms with van der Waals surface area (Å²) < 4.78 is 5.30. The molecule has 0 atom stereocenters. The molecule has 0 aliphatic rings. The molecule has 24 heavy (non-hydrogen) atoms. The van der Waals surface area contributed by atoms with Crippen molar-refractivity contribution in [1.29, 1.82) is 0 Å². The number of hydrogen-bond donors (Lipinski definition) is 3. The smallest absolute Gasteiger partial charge is 0.284 e. The molecule has 0 radical (unpaired) electrons. The van der Waals surface area contributed by atoms with Crippen LogP contribution in [0.3, 0.4) is 0 Å². The number of halogens is 1. The van der Waals surface area contributed by atoms with Crippen LogP contribution in [-0.2, 0) is 13.0 Å². The number of furan rings is 1. The largest absolute Gasteiger partial charge is 0.454 e. The van der Waals surface area contributed by atoms with E-state index in [2.05, 4.69) is 20.6 Å². The molecule has 2 rings (SSSR count). The third-order valence-corrected chi connectivity index (χ3v) is 3.91. The molecule has 2 aromatic heterocycles. The van der Waals surface area contributed by atoms with Crippen molar-refractivity contribution >= 4 is 47.2 Å². The molecular weight excluding hydrogens is 441 g/mol. The number of nitrogens with two attached hydrogens (primary N) is 1. The molecule has 7 nitrogen and oxygen atoms in total. The van der Waals surface area contributed by atoms with Crippen molar-refractivity contribution in [3.8, 4) is 0 Å². The summed E-state index contributed by atoms with van der Waals surface area (Å²) in [6.07, 6.45) is 2.72. The number of aryl methyl sites for hydroxylation is 1. The molecule has 0 fully saturated rings. The predicted molar refractivity (Wildman–Crippen MR) is 106 cm³/mol. The fraction of sp³-hybridized carbons (Fsp3) is 0.400. The highest BCUT2D eigenvalue weighted by Crippen LogP contribution is 2.11. The maximum atomic E-state index is 11.0. The average molecular weight is 463 g/mol. The number of carbonyl (C=O) groups is 1. The highest BCUT2D eigenvalue weighted by Gasteiger charge is 2.07. The number of rotatable bonds is 7. The Morgan fingerprint density at radius 3 is 2.79 bits per heavy atom. The number of hydrogen-bond acceptors (Lipinski definition) is 5. The van der Waals surface area contributed by atoms with Crippen molar-refractivity contribution in [2.24, 2.45) is 10.7 Å². The molecule has 0 unspecified atom stereocenters. The SMILES string of the molecule is CCNC(=NCc1ccc(C(N)=O)o1)NCCc1ncc(C)s1.I. The number of nitrogens with zero attached hydrogens (tertiary/aromatic N) is 2. The fourth-order valence-electron chi connectivity index (χ4n) is 1.90. The van der Waals surface area contributed by atoms with Crippen molar-refractivity contribution in [1.82, 2.24) is 15.6 Å². The fourth-order valence-corrected chi connectivity index (χ4v) is 2.69. The number of nitrogens with one attached hydrogen (secondary N) is 2. The molecule has 0 aliphatic carbocycles. The third-order valence-electron chi connectivity index (χ3n) is 2.94. The summed E-state index contributed by atoms with van der Waals surface area (Å²) in [4.78, 5) is 21.0. The average Bonchev–Trinajstić information content (AvgIpc) is 3.14. The van der Waals surface area contributed by atoms with Crippen molar-refractivity contribution < 1.29 is 9.21 Å². The Kier molecular flexibility index (Phi) is 8.76. The number of aliphatic imine (C=N–C) groups is 1. The Hall–Kier alpha value is -1.62. The van der Waals surface area contributed by atoms with Gasteiger partial charge >= 0.3 is 0 Å². The molecule has 0 aliphatic heterocycles. The minimum Gasteiger partial charge on any atom is -0.454 e. The highest BCUT2D eigenvalue weighted by molar-refractivity contribution is 14.0. The van der Waals surface area contributed by atoms with Crippen LogP contribution in [0.2, 0.25) is 0 Å². The molecule has 0 aromatic carbocycles. The van der Waals surface area contributed by atoms with Gasteiger partial charge in [-0.1, -0.05) is 0 Å². The second-order valence-electron chi connectivity index (χ2n) is 4.87. The Labute approximate surface area is 162 Å². The van der Waals surface area contributed by atoms with Gasteiger partial charge in [-0.3, -0.25) is 4.79 Å². The van der Waals surface area contributed by atoms with Crippen molar-refractivity contribution in [2.75, 3.05) is 13.1 Å². The second kappa shape index (κ2) is 10.3. The lowest BCUT2D eigenvalue weighted by atomic mass is 10.4. The molecule has 0 spiro atoms. The zero-order valence-corrected chi connectivity index (χ0v) is 16.8. The molecule has 4 N–H and O–H groups in total. The van der Waals surface area contributed by atoms with Crippen LogP contribution in [0.4, 0.5) is 0 Å². The minimum absolute atomic E-state index is 0. The lowest BCUT2D eigenvalue weighted by Crippen LogP contribution is -2.38. The number of amides is 1. The summed E-state index contributed by atoms with van der Waals surface area (Å²) in [5.74, 6) is 0.848. The summed E-state index contributed by atoms with van der Waals surface area (Å²) in [5.41, 5.74) is 5.16. The Balaban J connectivity index is 0.00000288. The van der Waals surface area contributed by atoms with E-state index in [1.165, 1.54) is 4.88 Å². The highest BCUT2D eigenvalue weighted by atomic mass is 127. The van der Waals surface area contributed by atoms with Gasteiger partial charge in [0.25, 0.3) is 5.91 Å². The standard InChI is InChI=1S/C15H21N5O2S.HI/c1-3-17-15(18-7-6-13-19-8-10(2)23-13)20-9-11-4-5-12(22-11)14(16)21;/h4-5,8H,3,6-7,9H2,1-2H3,(H2,16,21)(H2,17,18,20);1H. The van der Waals surface area contributed by atoms with Gasteiger partial charge in [0, 0.05) is 30.6 Å². The molecule has 0 saturated heterocycles. The van der Waals surface area contributed by atoms with Gasteiger partial charge in [-0.25, -0.2) is 9.98 Å². The lowest BCUT2D eigenvalue weighted by Gasteiger charge is -2.10. The summed E-state index contributed by atoms with van der Waals surface area (Å²) in [7, 11) is 0. The molecule has 2 heterocycles. The van der Waals surface area contributed by atoms with Gasteiger partial charge in [-0.15, -0.1) is 35.3 Å². The topological polar surface area (TPSA) is 106 Å². The number of aromatic nitrogens is 1.